The molecule has 19 heavy (non-hydrogen) atoms. The van der Waals surface area contributed by atoms with Crippen molar-refractivity contribution < 1.29 is 14.7 Å². The van der Waals surface area contributed by atoms with Crippen molar-refractivity contribution in [2.45, 2.75) is 6.92 Å². The van der Waals surface area contributed by atoms with Gasteiger partial charge in [-0.3, -0.25) is 9.78 Å². The number of carboxylic acid groups (broad SMARTS) is 1. The van der Waals surface area contributed by atoms with Crippen LogP contribution in [0, 0.1) is 6.92 Å². The normalized spacial score (nSPS) is 10.2. The van der Waals surface area contributed by atoms with Gasteiger partial charge in [0, 0.05) is 16.9 Å². The van der Waals surface area contributed by atoms with Gasteiger partial charge in [0.25, 0.3) is 5.91 Å². The molecule has 2 aromatic heterocycles. The van der Waals surface area contributed by atoms with Gasteiger partial charge < -0.3 is 10.4 Å². The van der Waals surface area contributed by atoms with Crippen LogP contribution in [0.3, 0.4) is 0 Å². The highest BCUT2D eigenvalue weighted by Gasteiger charge is 2.18. The average Bonchev–Trinajstić information content (AvgIpc) is 2.71. The number of nitrogens with zero attached hydrogens (tertiary/aromatic N) is 1. The lowest BCUT2D eigenvalue weighted by molar-refractivity contribution is 0.0703. The monoisotopic (exact) mass is 340 g/mol. The summed E-state index contributed by atoms with van der Waals surface area (Å²) >= 11 is 4.31. The molecule has 0 aliphatic carbocycles. The van der Waals surface area contributed by atoms with Crippen molar-refractivity contribution in [1.29, 1.82) is 0 Å². The number of hydrogen-bond acceptors (Lipinski definition) is 4. The largest absolute Gasteiger partial charge is 0.477 e. The molecule has 0 saturated carbocycles. The van der Waals surface area contributed by atoms with Gasteiger partial charge in [0.15, 0.2) is 0 Å². The molecule has 0 radical (unpaired) electrons. The Labute approximate surface area is 121 Å². The number of aryl methyl sites for hydroxylation is 1. The number of pyridine rings is 1. The zero-order chi connectivity index (χ0) is 14.0. The first-order valence-corrected chi connectivity index (χ1v) is 6.89. The van der Waals surface area contributed by atoms with Gasteiger partial charge in [-0.15, -0.1) is 11.3 Å². The molecule has 0 aromatic carbocycles. The first-order valence-electron chi connectivity index (χ1n) is 5.22. The van der Waals surface area contributed by atoms with Crippen LogP contribution in [0.1, 0.15) is 25.6 Å². The van der Waals surface area contributed by atoms with Crippen LogP contribution in [0.25, 0.3) is 0 Å². The Balaban J connectivity index is 2.29. The number of carbonyl (C=O) groups is 2. The molecule has 1 amide bonds. The molecule has 0 fully saturated rings. The maximum absolute atomic E-state index is 12.0. The molecule has 0 unspecified atom stereocenters. The molecule has 2 aromatic rings. The van der Waals surface area contributed by atoms with Crippen LogP contribution < -0.4 is 5.32 Å². The highest BCUT2D eigenvalue weighted by molar-refractivity contribution is 9.10. The highest BCUT2D eigenvalue weighted by Crippen LogP contribution is 2.28. The molecule has 2 heterocycles. The minimum absolute atomic E-state index is 0.119. The summed E-state index contributed by atoms with van der Waals surface area (Å²) in [6, 6.07) is 1.62. The molecule has 98 valence electrons. The lowest BCUT2D eigenvalue weighted by Crippen LogP contribution is -2.14. The number of rotatable bonds is 3. The number of hydrogen-bond donors (Lipinski definition) is 2. The van der Waals surface area contributed by atoms with Crippen molar-refractivity contribution >= 4 is 44.8 Å². The molecule has 0 atom stereocenters. The van der Waals surface area contributed by atoms with Crippen LogP contribution in [-0.2, 0) is 0 Å². The number of carboxylic acids is 1. The van der Waals surface area contributed by atoms with Crippen LogP contribution in [0.5, 0.6) is 0 Å². The van der Waals surface area contributed by atoms with E-state index in [2.05, 4.69) is 26.2 Å². The summed E-state index contributed by atoms with van der Waals surface area (Å²) in [5.74, 6) is -1.45. The maximum atomic E-state index is 12.0. The molecule has 0 spiro atoms. The van der Waals surface area contributed by atoms with Gasteiger partial charge in [-0.05, 0) is 39.9 Å². The fourth-order valence-electron chi connectivity index (χ4n) is 1.48. The van der Waals surface area contributed by atoms with E-state index < -0.39 is 11.9 Å². The second-order valence-corrected chi connectivity index (χ2v) is 5.57. The van der Waals surface area contributed by atoms with E-state index in [1.807, 2.05) is 0 Å². The summed E-state index contributed by atoms with van der Waals surface area (Å²) in [5, 5.41) is 13.4. The van der Waals surface area contributed by atoms with E-state index in [1.54, 1.807) is 24.6 Å². The third-order valence-electron chi connectivity index (χ3n) is 2.37. The Kier molecular flexibility index (Phi) is 3.96. The molecule has 0 saturated heterocycles. The molecule has 0 aliphatic rings. The number of nitrogens with one attached hydrogen (secondary N) is 1. The summed E-state index contributed by atoms with van der Waals surface area (Å²) in [7, 11) is 0. The summed E-state index contributed by atoms with van der Waals surface area (Å²) < 4.78 is 0.681. The smallest absolute Gasteiger partial charge is 0.348 e. The minimum atomic E-state index is -1.05. The van der Waals surface area contributed by atoms with Gasteiger partial charge in [-0.1, -0.05) is 0 Å². The molecule has 0 bridgehead atoms. The summed E-state index contributed by atoms with van der Waals surface area (Å²) in [6.07, 6.45) is 2.98. The van der Waals surface area contributed by atoms with Crippen LogP contribution >= 0.6 is 27.3 Å². The molecule has 7 heteroatoms. The Bertz CT molecular complexity index is 654. The standard InChI is InChI=1S/C12H9BrN2O3S/c1-6-5-19-10(12(17)18)9(6)15-11(16)7-2-8(13)4-14-3-7/h2-5H,1H3,(H,15,16)(H,17,18). The van der Waals surface area contributed by atoms with Crippen molar-refractivity contribution in [2.75, 3.05) is 5.32 Å². The predicted molar refractivity (Wildman–Crippen MR) is 75.9 cm³/mol. The van der Waals surface area contributed by atoms with Crippen molar-refractivity contribution in [3.63, 3.8) is 0 Å². The van der Waals surface area contributed by atoms with Crippen LogP contribution in [0.15, 0.2) is 28.3 Å². The lowest BCUT2D eigenvalue weighted by atomic mass is 10.2. The molecule has 2 rings (SSSR count). The second-order valence-electron chi connectivity index (χ2n) is 3.77. The van der Waals surface area contributed by atoms with E-state index in [-0.39, 0.29) is 4.88 Å². The first-order chi connectivity index (χ1) is 8.99. The third kappa shape index (κ3) is 2.99. The van der Waals surface area contributed by atoms with Gasteiger partial charge in [0.2, 0.25) is 0 Å². The van der Waals surface area contributed by atoms with E-state index in [0.717, 1.165) is 16.9 Å². The van der Waals surface area contributed by atoms with Crippen molar-refractivity contribution in [2.24, 2.45) is 0 Å². The Hall–Kier alpha value is -1.73. The van der Waals surface area contributed by atoms with Crippen molar-refractivity contribution in [1.82, 2.24) is 4.98 Å². The Morgan fingerprint density at radius 3 is 2.79 bits per heavy atom. The number of halogens is 1. The van der Waals surface area contributed by atoms with Crippen molar-refractivity contribution in [3.05, 3.63) is 44.3 Å². The maximum Gasteiger partial charge on any atom is 0.348 e. The average molecular weight is 341 g/mol. The number of amides is 1. The fraction of sp³-hybridized carbons (Fsp3) is 0.0833. The molecule has 2 N–H and O–H groups in total. The van der Waals surface area contributed by atoms with Gasteiger partial charge in [-0.2, -0.15) is 0 Å². The third-order valence-corrected chi connectivity index (χ3v) is 3.89. The molecule has 5 nitrogen and oxygen atoms in total. The Morgan fingerprint density at radius 1 is 1.42 bits per heavy atom. The highest BCUT2D eigenvalue weighted by atomic mass is 79.9. The quantitative estimate of drug-likeness (QED) is 0.899. The summed E-state index contributed by atoms with van der Waals surface area (Å²) in [5.41, 5.74) is 1.41. The number of aromatic nitrogens is 1. The van der Waals surface area contributed by atoms with E-state index in [1.165, 1.54) is 6.20 Å². The van der Waals surface area contributed by atoms with Crippen LogP contribution in [0.2, 0.25) is 0 Å². The van der Waals surface area contributed by atoms with E-state index >= 15 is 0 Å². The minimum Gasteiger partial charge on any atom is -0.477 e. The zero-order valence-electron chi connectivity index (χ0n) is 9.81. The second kappa shape index (κ2) is 5.50. The predicted octanol–water partition coefficient (Wildman–Crippen LogP) is 3.16. The molecule has 0 aliphatic heterocycles. The molecular weight excluding hydrogens is 332 g/mol. The SMILES string of the molecule is Cc1csc(C(=O)O)c1NC(=O)c1cncc(Br)c1. The van der Waals surface area contributed by atoms with Crippen LogP contribution in [-0.4, -0.2) is 22.0 Å². The fourth-order valence-corrected chi connectivity index (χ4v) is 2.69. The van der Waals surface area contributed by atoms with Gasteiger partial charge >= 0.3 is 5.97 Å². The lowest BCUT2D eigenvalue weighted by Gasteiger charge is -2.06. The first kappa shape index (κ1) is 13.7. The number of aromatic carboxylic acids is 1. The molecular formula is C12H9BrN2O3S. The van der Waals surface area contributed by atoms with E-state index in [9.17, 15) is 9.59 Å². The van der Waals surface area contributed by atoms with Crippen molar-refractivity contribution in [3.8, 4) is 0 Å². The van der Waals surface area contributed by atoms with Gasteiger partial charge in [-0.25, -0.2) is 4.79 Å². The van der Waals surface area contributed by atoms with E-state index in [4.69, 9.17) is 5.11 Å². The number of anilines is 1. The topological polar surface area (TPSA) is 79.3 Å². The zero-order valence-corrected chi connectivity index (χ0v) is 12.2. The Morgan fingerprint density at radius 2 is 2.16 bits per heavy atom. The van der Waals surface area contributed by atoms with Crippen LogP contribution in [0.4, 0.5) is 5.69 Å². The number of carbonyl (C=O) groups excluding carboxylic acids is 1. The summed E-state index contributed by atoms with van der Waals surface area (Å²) in [4.78, 5) is 27.1. The summed E-state index contributed by atoms with van der Waals surface area (Å²) in [6.45, 7) is 1.75. The van der Waals surface area contributed by atoms with Gasteiger partial charge in [0.1, 0.15) is 4.88 Å². The van der Waals surface area contributed by atoms with E-state index in [0.29, 0.717) is 15.7 Å². The number of thiophene rings is 1. The van der Waals surface area contributed by atoms with Gasteiger partial charge in [0.05, 0.1) is 11.3 Å².